The van der Waals surface area contributed by atoms with E-state index in [0.717, 1.165) is 54.7 Å². The van der Waals surface area contributed by atoms with Crippen molar-refractivity contribution in [2.24, 2.45) is 5.92 Å². The van der Waals surface area contributed by atoms with E-state index in [1.165, 1.54) is 0 Å². The Kier molecular flexibility index (Phi) is 7.50. The number of piperidine rings is 1. The zero-order chi connectivity index (χ0) is 21.5. The van der Waals surface area contributed by atoms with Crippen LogP contribution in [0, 0.1) is 12.8 Å². The summed E-state index contributed by atoms with van der Waals surface area (Å²) in [6.07, 6.45) is 2.77. The summed E-state index contributed by atoms with van der Waals surface area (Å²) in [5, 5.41) is 6.24. The Hall–Kier alpha value is -2.82. The van der Waals surface area contributed by atoms with Crippen LogP contribution in [0.1, 0.15) is 59.4 Å². The first-order valence-electron chi connectivity index (χ1n) is 11.0. The lowest BCUT2D eigenvalue weighted by atomic mass is 10.0. The highest BCUT2D eigenvalue weighted by molar-refractivity contribution is 6.00. The molecule has 0 spiro atoms. The highest BCUT2D eigenvalue weighted by Crippen LogP contribution is 2.24. The number of benzene rings is 2. The molecule has 0 aromatic heterocycles. The Morgan fingerprint density at radius 2 is 1.63 bits per heavy atom. The second kappa shape index (κ2) is 10.3. The molecule has 30 heavy (non-hydrogen) atoms. The summed E-state index contributed by atoms with van der Waals surface area (Å²) in [5.41, 5.74) is 3.43. The highest BCUT2D eigenvalue weighted by atomic mass is 16.2. The van der Waals surface area contributed by atoms with Gasteiger partial charge in [-0.25, -0.2) is 0 Å². The van der Waals surface area contributed by atoms with Crippen molar-refractivity contribution in [1.82, 2.24) is 10.6 Å². The van der Waals surface area contributed by atoms with Gasteiger partial charge in [-0.3, -0.25) is 9.59 Å². The Morgan fingerprint density at radius 1 is 1.00 bits per heavy atom. The Morgan fingerprint density at radius 3 is 2.30 bits per heavy atom. The van der Waals surface area contributed by atoms with Crippen LogP contribution >= 0.6 is 0 Å². The van der Waals surface area contributed by atoms with E-state index in [4.69, 9.17) is 0 Å². The van der Waals surface area contributed by atoms with Gasteiger partial charge in [0.05, 0.1) is 5.56 Å². The topological polar surface area (TPSA) is 61.4 Å². The van der Waals surface area contributed by atoms with Gasteiger partial charge < -0.3 is 15.5 Å². The number of para-hydroxylation sites is 1. The minimum Gasteiger partial charge on any atom is -0.371 e. The van der Waals surface area contributed by atoms with Gasteiger partial charge in [-0.05, 0) is 49.4 Å². The van der Waals surface area contributed by atoms with Crippen LogP contribution in [0.15, 0.2) is 48.5 Å². The van der Waals surface area contributed by atoms with E-state index in [2.05, 4.69) is 29.4 Å². The van der Waals surface area contributed by atoms with Crippen molar-refractivity contribution in [3.8, 4) is 0 Å². The number of rotatable bonds is 7. The number of anilines is 1. The minimum absolute atomic E-state index is 0.00336. The molecule has 1 heterocycles. The molecule has 0 aliphatic carbocycles. The summed E-state index contributed by atoms with van der Waals surface area (Å²) in [6, 6.07) is 15.6. The second-order valence-electron chi connectivity index (χ2n) is 8.29. The molecule has 160 valence electrons. The lowest BCUT2D eigenvalue weighted by Gasteiger charge is -2.35. The van der Waals surface area contributed by atoms with Gasteiger partial charge in [0.2, 0.25) is 0 Å². The summed E-state index contributed by atoms with van der Waals surface area (Å²) in [7, 11) is 0. The molecule has 5 nitrogen and oxygen atoms in total. The minimum atomic E-state index is -0.0131. The molecule has 2 aromatic carbocycles. The third-order valence-electron chi connectivity index (χ3n) is 6.02. The Labute approximate surface area is 179 Å². The molecular formula is C25H33N3O2. The lowest BCUT2D eigenvalue weighted by molar-refractivity contribution is 0.0928. The maximum absolute atomic E-state index is 12.7. The molecule has 3 rings (SSSR count). The van der Waals surface area contributed by atoms with Crippen LogP contribution in [0.2, 0.25) is 0 Å². The summed E-state index contributed by atoms with van der Waals surface area (Å²) >= 11 is 0. The number of hydrogen-bond acceptors (Lipinski definition) is 3. The molecule has 5 heteroatoms. The molecule has 1 fully saturated rings. The fraction of sp³-hybridized carbons (Fsp3) is 0.440. The van der Waals surface area contributed by atoms with Crippen LogP contribution in [-0.4, -0.2) is 37.5 Å². The van der Waals surface area contributed by atoms with Crippen molar-refractivity contribution >= 4 is 17.5 Å². The molecule has 1 atom stereocenters. The van der Waals surface area contributed by atoms with Crippen molar-refractivity contribution in [2.75, 3.05) is 24.5 Å². The van der Waals surface area contributed by atoms with Gasteiger partial charge in [0, 0.05) is 36.9 Å². The Balaban J connectivity index is 1.59. The van der Waals surface area contributed by atoms with Crippen LogP contribution in [0.5, 0.6) is 0 Å². The summed E-state index contributed by atoms with van der Waals surface area (Å²) in [4.78, 5) is 27.6. The second-order valence-corrected chi connectivity index (χ2v) is 8.29. The number of carbonyl (C=O) groups excluding carboxylic acids is 2. The average Bonchev–Trinajstić information content (AvgIpc) is 2.78. The fourth-order valence-corrected chi connectivity index (χ4v) is 3.80. The molecule has 1 unspecified atom stereocenters. The number of nitrogens with zero attached hydrogens (tertiary/aromatic N) is 1. The fourth-order valence-electron chi connectivity index (χ4n) is 3.80. The summed E-state index contributed by atoms with van der Waals surface area (Å²) < 4.78 is 0. The van der Waals surface area contributed by atoms with Crippen LogP contribution < -0.4 is 15.5 Å². The van der Waals surface area contributed by atoms with Crippen LogP contribution in [-0.2, 0) is 0 Å². The van der Waals surface area contributed by atoms with Gasteiger partial charge in [-0.1, -0.05) is 50.6 Å². The quantitative estimate of drug-likeness (QED) is 0.724. The average molecular weight is 408 g/mol. The van der Waals surface area contributed by atoms with E-state index in [1.54, 1.807) is 0 Å². The molecule has 0 radical (unpaired) electrons. The van der Waals surface area contributed by atoms with Gasteiger partial charge in [0.1, 0.15) is 0 Å². The number of hydrogen-bond donors (Lipinski definition) is 2. The first kappa shape index (κ1) is 21.9. The van der Waals surface area contributed by atoms with Crippen molar-refractivity contribution in [2.45, 2.75) is 46.1 Å². The monoisotopic (exact) mass is 407 g/mol. The first-order chi connectivity index (χ1) is 14.5. The van der Waals surface area contributed by atoms with Crippen LogP contribution in [0.3, 0.4) is 0 Å². The van der Waals surface area contributed by atoms with Crippen LogP contribution in [0.25, 0.3) is 0 Å². The van der Waals surface area contributed by atoms with E-state index < -0.39 is 0 Å². The highest BCUT2D eigenvalue weighted by Gasteiger charge is 2.24. The van der Waals surface area contributed by atoms with E-state index in [0.29, 0.717) is 12.5 Å². The van der Waals surface area contributed by atoms with E-state index >= 15 is 0 Å². The maximum Gasteiger partial charge on any atom is 0.253 e. The first-order valence-corrected chi connectivity index (χ1v) is 11.0. The predicted molar refractivity (Wildman–Crippen MR) is 122 cm³/mol. The van der Waals surface area contributed by atoms with Crippen molar-refractivity contribution in [1.29, 1.82) is 0 Å². The van der Waals surface area contributed by atoms with Crippen LogP contribution in [0.4, 0.5) is 5.69 Å². The largest absolute Gasteiger partial charge is 0.371 e. The maximum atomic E-state index is 12.7. The molecule has 2 amide bonds. The van der Waals surface area contributed by atoms with E-state index in [-0.39, 0.29) is 17.9 Å². The molecule has 0 bridgehead atoms. The van der Waals surface area contributed by atoms with Crippen molar-refractivity contribution in [3.63, 3.8) is 0 Å². The lowest BCUT2D eigenvalue weighted by Crippen LogP contribution is -2.45. The van der Waals surface area contributed by atoms with Crippen molar-refractivity contribution < 1.29 is 9.59 Å². The standard InChI is InChI=1S/C25H33N3O2/c1-4-18(2)17-26-24(29)22-11-7-8-12-23(22)28-15-13-20(14-16-28)27-25(30)21-10-6-5-9-19(21)3/h5-12,18,20H,4,13-17H2,1-3H3,(H,26,29)(H,27,30). The molecular weight excluding hydrogens is 374 g/mol. The van der Waals surface area contributed by atoms with Crippen molar-refractivity contribution in [3.05, 3.63) is 65.2 Å². The third-order valence-corrected chi connectivity index (χ3v) is 6.02. The summed E-state index contributed by atoms with van der Waals surface area (Å²) in [6.45, 7) is 8.55. The number of carbonyl (C=O) groups is 2. The van der Waals surface area contributed by atoms with Gasteiger partial charge >= 0.3 is 0 Å². The molecule has 2 N–H and O–H groups in total. The van der Waals surface area contributed by atoms with E-state index in [9.17, 15) is 9.59 Å². The molecule has 1 saturated heterocycles. The number of aryl methyl sites for hydroxylation is 1. The zero-order valence-electron chi connectivity index (χ0n) is 18.3. The van der Waals surface area contributed by atoms with Gasteiger partial charge in [-0.2, -0.15) is 0 Å². The smallest absolute Gasteiger partial charge is 0.253 e. The molecule has 1 aliphatic heterocycles. The molecule has 0 saturated carbocycles. The number of nitrogens with one attached hydrogen (secondary N) is 2. The molecule has 1 aliphatic rings. The molecule has 2 aromatic rings. The predicted octanol–water partition coefficient (Wildman–Crippen LogP) is 4.17. The zero-order valence-corrected chi connectivity index (χ0v) is 18.3. The Bertz CT molecular complexity index is 872. The third kappa shape index (κ3) is 5.41. The van der Waals surface area contributed by atoms with Gasteiger partial charge in [0.15, 0.2) is 0 Å². The SMILES string of the molecule is CCC(C)CNC(=O)c1ccccc1N1CCC(NC(=O)c2ccccc2C)CC1. The van der Waals surface area contributed by atoms with E-state index in [1.807, 2.05) is 55.5 Å². The summed E-state index contributed by atoms with van der Waals surface area (Å²) in [5.74, 6) is 0.450. The van der Waals surface area contributed by atoms with Gasteiger partial charge in [0.25, 0.3) is 11.8 Å². The normalized spacial score (nSPS) is 15.5. The number of amides is 2. The van der Waals surface area contributed by atoms with Gasteiger partial charge in [-0.15, -0.1) is 0 Å².